The van der Waals surface area contributed by atoms with E-state index in [0.29, 0.717) is 6.08 Å². The fraction of sp³-hybridized carbons (Fsp3) is 0.0909. The van der Waals surface area contributed by atoms with Crippen molar-refractivity contribution in [3.05, 3.63) is 40.4 Å². The number of carboxylic acid groups (broad SMARTS) is 1. The van der Waals surface area contributed by atoms with Gasteiger partial charge in [0.15, 0.2) is 0 Å². The van der Waals surface area contributed by atoms with E-state index in [1.807, 2.05) is 0 Å². The maximum atomic E-state index is 10.8. The molecule has 1 aromatic rings. The first-order chi connectivity index (χ1) is 7.41. The normalized spacial score (nSPS) is 11.2. The van der Waals surface area contributed by atoms with Crippen molar-refractivity contribution < 1.29 is 19.8 Å². The van der Waals surface area contributed by atoms with Crippen molar-refractivity contribution in [1.29, 1.82) is 0 Å². The highest BCUT2D eigenvalue weighted by atomic mass is 35.5. The number of ketones is 1. The minimum Gasteiger partial charge on any atom is -0.507 e. The molecule has 0 saturated heterocycles. The van der Waals surface area contributed by atoms with Crippen LogP contribution in [0.5, 0.6) is 0 Å². The predicted octanol–water partition coefficient (Wildman–Crippen LogP) is 2.20. The van der Waals surface area contributed by atoms with E-state index in [2.05, 4.69) is 0 Å². The van der Waals surface area contributed by atoms with Gasteiger partial charge in [0.2, 0.25) is 0 Å². The van der Waals surface area contributed by atoms with E-state index in [0.717, 1.165) is 5.56 Å². The highest BCUT2D eigenvalue weighted by molar-refractivity contribution is 6.39. The highest BCUT2D eigenvalue weighted by Crippen LogP contribution is 2.23. The second kappa shape index (κ2) is 4.81. The van der Waals surface area contributed by atoms with Crippen LogP contribution in [0.4, 0.5) is 0 Å². The highest BCUT2D eigenvalue weighted by Gasteiger charge is 2.12. The van der Waals surface area contributed by atoms with Gasteiger partial charge in [0, 0.05) is 11.6 Å². The molecular weight excluding hydrogens is 232 g/mol. The van der Waals surface area contributed by atoms with E-state index in [-0.39, 0.29) is 10.6 Å². The molecule has 5 heteroatoms. The smallest absolute Gasteiger partial charge is 0.376 e. The van der Waals surface area contributed by atoms with Crippen LogP contribution >= 0.6 is 11.6 Å². The Morgan fingerprint density at radius 1 is 1.31 bits per heavy atom. The van der Waals surface area contributed by atoms with Crippen molar-refractivity contribution in [2.75, 3.05) is 0 Å². The number of benzene rings is 1. The lowest BCUT2D eigenvalue weighted by atomic mass is 10.1. The third-order valence-corrected chi connectivity index (χ3v) is 2.21. The van der Waals surface area contributed by atoms with Gasteiger partial charge in [-0.15, -0.1) is 0 Å². The van der Waals surface area contributed by atoms with Crippen LogP contribution in [0.25, 0.3) is 5.76 Å². The number of hydrogen-bond acceptors (Lipinski definition) is 3. The molecule has 0 spiro atoms. The standard InChI is InChI=1S/C11H9ClO4/c1-6-2-3-8(12)7(4-6)9(13)5-10(14)11(15)16/h2-5,13H,1H3,(H,15,16). The monoisotopic (exact) mass is 240 g/mol. The molecule has 0 unspecified atom stereocenters. The fourth-order valence-corrected chi connectivity index (χ4v) is 1.31. The average Bonchev–Trinajstić information content (AvgIpc) is 2.21. The molecule has 0 aliphatic carbocycles. The van der Waals surface area contributed by atoms with Gasteiger partial charge in [-0.2, -0.15) is 0 Å². The predicted molar refractivity (Wildman–Crippen MR) is 59.4 cm³/mol. The fourth-order valence-electron chi connectivity index (χ4n) is 1.10. The molecule has 0 aliphatic rings. The molecular formula is C11H9ClO4. The zero-order chi connectivity index (χ0) is 12.3. The molecule has 0 fully saturated rings. The second-order valence-corrected chi connectivity index (χ2v) is 3.59. The summed E-state index contributed by atoms with van der Waals surface area (Å²) >= 11 is 5.79. The topological polar surface area (TPSA) is 74.6 Å². The third kappa shape index (κ3) is 2.84. The molecule has 1 aromatic carbocycles. The zero-order valence-corrected chi connectivity index (χ0v) is 9.15. The first-order valence-electron chi connectivity index (χ1n) is 4.36. The van der Waals surface area contributed by atoms with Crippen LogP contribution in [0.1, 0.15) is 11.1 Å². The molecule has 0 aliphatic heterocycles. The second-order valence-electron chi connectivity index (χ2n) is 3.18. The Hall–Kier alpha value is -1.81. The molecule has 0 bridgehead atoms. The molecule has 84 valence electrons. The van der Waals surface area contributed by atoms with E-state index >= 15 is 0 Å². The third-order valence-electron chi connectivity index (χ3n) is 1.88. The quantitative estimate of drug-likeness (QED) is 0.483. The van der Waals surface area contributed by atoms with Crippen LogP contribution in [-0.2, 0) is 9.59 Å². The Morgan fingerprint density at radius 3 is 2.50 bits per heavy atom. The maximum Gasteiger partial charge on any atom is 0.376 e. The molecule has 16 heavy (non-hydrogen) atoms. The number of aliphatic hydroxyl groups excluding tert-OH is 1. The van der Waals surface area contributed by atoms with Gasteiger partial charge in [0.05, 0.1) is 5.02 Å². The van der Waals surface area contributed by atoms with Gasteiger partial charge in [-0.1, -0.05) is 23.2 Å². The van der Waals surface area contributed by atoms with E-state index < -0.39 is 17.5 Å². The van der Waals surface area contributed by atoms with Crippen molar-refractivity contribution in [2.24, 2.45) is 0 Å². The number of hydrogen-bond donors (Lipinski definition) is 2. The summed E-state index contributed by atoms with van der Waals surface area (Å²) in [6.45, 7) is 1.78. The Bertz CT molecular complexity index is 477. The lowest BCUT2D eigenvalue weighted by Gasteiger charge is -2.03. The van der Waals surface area contributed by atoms with Gasteiger partial charge in [-0.25, -0.2) is 4.79 Å². The van der Waals surface area contributed by atoms with Crippen LogP contribution in [0.15, 0.2) is 24.3 Å². The Kier molecular flexibility index (Phi) is 3.68. The molecule has 0 aromatic heterocycles. The van der Waals surface area contributed by atoms with Crippen LogP contribution in [0.3, 0.4) is 0 Å². The summed E-state index contributed by atoms with van der Waals surface area (Å²) in [5, 5.41) is 18.1. The van der Waals surface area contributed by atoms with Crippen LogP contribution in [0.2, 0.25) is 5.02 Å². The Balaban J connectivity index is 3.14. The SMILES string of the molecule is Cc1ccc(Cl)c(C(O)=CC(=O)C(=O)O)c1. The van der Waals surface area contributed by atoms with Gasteiger partial charge < -0.3 is 10.2 Å². The lowest BCUT2D eigenvalue weighted by molar-refractivity contribution is -0.146. The van der Waals surface area contributed by atoms with Gasteiger partial charge in [0.1, 0.15) is 5.76 Å². The van der Waals surface area contributed by atoms with E-state index in [9.17, 15) is 14.7 Å². The minimum absolute atomic E-state index is 0.233. The molecule has 4 nitrogen and oxygen atoms in total. The molecule has 0 radical (unpaired) electrons. The number of carbonyl (C=O) groups is 2. The van der Waals surface area contributed by atoms with Gasteiger partial charge >= 0.3 is 5.97 Å². The van der Waals surface area contributed by atoms with Crippen LogP contribution in [0, 0.1) is 6.92 Å². The zero-order valence-electron chi connectivity index (χ0n) is 8.40. The summed E-state index contributed by atoms with van der Waals surface area (Å²) in [6, 6.07) is 4.85. The molecule has 2 N–H and O–H groups in total. The number of aliphatic carboxylic acids is 1. The van der Waals surface area contributed by atoms with Crippen molar-refractivity contribution in [2.45, 2.75) is 6.92 Å². The van der Waals surface area contributed by atoms with Crippen LogP contribution in [-0.4, -0.2) is 22.0 Å². The lowest BCUT2D eigenvalue weighted by Crippen LogP contribution is -2.09. The number of carboxylic acids is 1. The summed E-state index contributed by atoms with van der Waals surface area (Å²) in [5.74, 6) is -3.29. The minimum atomic E-state index is -1.63. The molecule has 0 saturated carbocycles. The van der Waals surface area contributed by atoms with Crippen molar-refractivity contribution in [3.8, 4) is 0 Å². The average molecular weight is 241 g/mol. The summed E-state index contributed by atoms with van der Waals surface area (Å²) < 4.78 is 0. The molecule has 0 amide bonds. The Labute approximate surface area is 96.8 Å². The van der Waals surface area contributed by atoms with E-state index in [1.54, 1.807) is 25.1 Å². The van der Waals surface area contributed by atoms with Crippen molar-refractivity contribution in [3.63, 3.8) is 0 Å². The van der Waals surface area contributed by atoms with Crippen molar-refractivity contribution >= 4 is 29.1 Å². The number of aliphatic hydroxyl groups is 1. The maximum absolute atomic E-state index is 10.8. The molecule has 1 rings (SSSR count). The first-order valence-corrected chi connectivity index (χ1v) is 4.74. The van der Waals surface area contributed by atoms with Gasteiger partial charge in [-0.3, -0.25) is 4.79 Å². The molecule has 0 heterocycles. The first kappa shape index (κ1) is 12.3. The van der Waals surface area contributed by atoms with E-state index in [4.69, 9.17) is 16.7 Å². The number of carbonyl (C=O) groups excluding carboxylic acids is 1. The van der Waals surface area contributed by atoms with Crippen LogP contribution < -0.4 is 0 Å². The largest absolute Gasteiger partial charge is 0.507 e. The summed E-state index contributed by atoms with van der Waals surface area (Å²) in [7, 11) is 0. The van der Waals surface area contributed by atoms with Gasteiger partial charge in [-0.05, 0) is 19.1 Å². The summed E-state index contributed by atoms with van der Waals surface area (Å²) in [5.41, 5.74) is 1.07. The van der Waals surface area contributed by atoms with E-state index in [1.165, 1.54) is 0 Å². The number of halogens is 1. The van der Waals surface area contributed by atoms with Crippen molar-refractivity contribution in [1.82, 2.24) is 0 Å². The Morgan fingerprint density at radius 2 is 1.94 bits per heavy atom. The number of aryl methyl sites for hydroxylation is 1. The summed E-state index contributed by atoms with van der Waals surface area (Å²) in [4.78, 5) is 21.1. The summed E-state index contributed by atoms with van der Waals surface area (Å²) in [6.07, 6.45) is 0.628. The number of rotatable bonds is 3. The van der Waals surface area contributed by atoms with Gasteiger partial charge in [0.25, 0.3) is 5.78 Å². The molecule has 0 atom stereocenters.